The molecular formula is C21H27FN2. The molecule has 0 saturated carbocycles. The third-order valence-corrected chi connectivity index (χ3v) is 4.83. The summed E-state index contributed by atoms with van der Waals surface area (Å²) in [5.74, 6) is 0. The fourth-order valence-electron chi connectivity index (χ4n) is 3.40. The summed E-state index contributed by atoms with van der Waals surface area (Å²) < 4.78 is 14.7. The Morgan fingerprint density at radius 2 is 1.83 bits per heavy atom. The van der Waals surface area contributed by atoms with Crippen molar-refractivity contribution >= 4 is 5.69 Å². The average molecular weight is 326 g/mol. The molecule has 1 saturated heterocycles. The van der Waals surface area contributed by atoms with Crippen molar-refractivity contribution in [2.45, 2.75) is 32.4 Å². The van der Waals surface area contributed by atoms with Crippen LogP contribution < -0.4 is 10.2 Å². The quantitative estimate of drug-likeness (QED) is 0.851. The van der Waals surface area contributed by atoms with Crippen molar-refractivity contribution in [3.05, 3.63) is 65.2 Å². The van der Waals surface area contributed by atoms with Gasteiger partial charge in [0.05, 0.1) is 0 Å². The molecule has 2 aromatic carbocycles. The minimum atomic E-state index is -0.896. The first-order valence-corrected chi connectivity index (χ1v) is 9.04. The first kappa shape index (κ1) is 17.0. The molecule has 0 spiro atoms. The van der Waals surface area contributed by atoms with Gasteiger partial charge in [-0.15, -0.1) is 0 Å². The molecule has 0 bridgehead atoms. The smallest absolute Gasteiger partial charge is 0.125 e. The van der Waals surface area contributed by atoms with E-state index in [1.54, 1.807) is 0 Å². The molecule has 1 aliphatic rings. The summed E-state index contributed by atoms with van der Waals surface area (Å²) in [6, 6.07) is 16.3. The normalized spacial score (nSPS) is 16.2. The van der Waals surface area contributed by atoms with Crippen LogP contribution in [0.4, 0.5) is 10.1 Å². The van der Waals surface area contributed by atoms with Gasteiger partial charge in [-0.25, -0.2) is 4.39 Å². The number of alkyl halides is 1. The van der Waals surface area contributed by atoms with Gasteiger partial charge >= 0.3 is 0 Å². The van der Waals surface area contributed by atoms with E-state index in [4.69, 9.17) is 0 Å². The molecular weight excluding hydrogens is 299 g/mol. The third kappa shape index (κ3) is 4.15. The predicted molar refractivity (Wildman–Crippen MR) is 99.5 cm³/mol. The van der Waals surface area contributed by atoms with Crippen LogP contribution in [-0.2, 0) is 12.8 Å². The highest BCUT2D eigenvalue weighted by Crippen LogP contribution is 2.29. The van der Waals surface area contributed by atoms with E-state index in [0.29, 0.717) is 6.42 Å². The highest BCUT2D eigenvalue weighted by Gasteiger charge is 2.16. The van der Waals surface area contributed by atoms with E-state index in [0.717, 1.165) is 44.6 Å². The number of aryl methyl sites for hydroxylation is 2. The van der Waals surface area contributed by atoms with Crippen LogP contribution in [0.15, 0.2) is 48.5 Å². The van der Waals surface area contributed by atoms with Crippen LogP contribution in [0.3, 0.4) is 0 Å². The third-order valence-electron chi connectivity index (χ3n) is 4.83. The maximum Gasteiger partial charge on any atom is 0.125 e. The van der Waals surface area contributed by atoms with Gasteiger partial charge in [0.1, 0.15) is 6.17 Å². The van der Waals surface area contributed by atoms with Gasteiger partial charge in [-0.2, -0.15) is 0 Å². The summed E-state index contributed by atoms with van der Waals surface area (Å²) in [5.41, 5.74) is 4.56. The molecule has 0 radical (unpaired) electrons. The molecule has 1 unspecified atom stereocenters. The molecule has 1 fully saturated rings. The molecule has 3 rings (SSSR count). The van der Waals surface area contributed by atoms with Crippen molar-refractivity contribution in [1.82, 2.24) is 5.32 Å². The van der Waals surface area contributed by atoms with Crippen molar-refractivity contribution in [3.63, 3.8) is 0 Å². The van der Waals surface area contributed by atoms with Gasteiger partial charge in [0.15, 0.2) is 0 Å². The van der Waals surface area contributed by atoms with Crippen molar-refractivity contribution in [2.75, 3.05) is 31.1 Å². The van der Waals surface area contributed by atoms with Gasteiger partial charge in [-0.05, 0) is 42.0 Å². The number of hydrogen-bond acceptors (Lipinski definition) is 2. The second-order valence-corrected chi connectivity index (χ2v) is 6.47. The summed E-state index contributed by atoms with van der Waals surface area (Å²) in [4.78, 5) is 2.41. The lowest BCUT2D eigenvalue weighted by atomic mass is 9.98. The Balaban J connectivity index is 1.69. The van der Waals surface area contributed by atoms with Gasteiger partial charge < -0.3 is 10.2 Å². The lowest BCUT2D eigenvalue weighted by Crippen LogP contribution is -2.43. The number of halogens is 1. The zero-order valence-electron chi connectivity index (χ0n) is 14.5. The number of piperazine rings is 1. The van der Waals surface area contributed by atoms with Crippen molar-refractivity contribution in [1.29, 1.82) is 0 Å². The summed E-state index contributed by atoms with van der Waals surface area (Å²) in [6.07, 6.45) is 1.37. The monoisotopic (exact) mass is 326 g/mol. The Kier molecular flexibility index (Phi) is 5.86. The highest BCUT2D eigenvalue weighted by molar-refractivity contribution is 5.56. The Morgan fingerprint density at radius 1 is 1.08 bits per heavy atom. The van der Waals surface area contributed by atoms with Crippen LogP contribution in [-0.4, -0.2) is 26.2 Å². The van der Waals surface area contributed by atoms with Crippen molar-refractivity contribution < 1.29 is 4.39 Å². The topological polar surface area (TPSA) is 15.3 Å². The molecule has 0 amide bonds. The molecule has 3 heteroatoms. The Hall–Kier alpha value is -1.87. The highest BCUT2D eigenvalue weighted by atomic mass is 19.1. The molecule has 1 heterocycles. The van der Waals surface area contributed by atoms with E-state index >= 15 is 0 Å². The molecule has 2 nitrogen and oxygen atoms in total. The standard InChI is InChI=1S/C21H27FN2/c1-2-18-16-19(9-11-21(18)24-14-12-23-13-15-24)20(22)10-8-17-6-4-3-5-7-17/h3-7,9,11,16,20,23H,2,8,10,12-15H2,1H3. The zero-order chi connectivity index (χ0) is 16.8. The van der Waals surface area contributed by atoms with Gasteiger partial charge in [0.25, 0.3) is 0 Å². The van der Waals surface area contributed by atoms with Crippen molar-refractivity contribution in [3.8, 4) is 0 Å². The zero-order valence-corrected chi connectivity index (χ0v) is 14.5. The Morgan fingerprint density at radius 3 is 2.54 bits per heavy atom. The molecule has 1 atom stereocenters. The summed E-state index contributed by atoms with van der Waals surface area (Å²) >= 11 is 0. The van der Waals surface area contributed by atoms with Gasteiger partial charge in [-0.3, -0.25) is 0 Å². The van der Waals surface area contributed by atoms with Gasteiger partial charge in [0, 0.05) is 31.9 Å². The minimum Gasteiger partial charge on any atom is -0.369 e. The fourth-order valence-corrected chi connectivity index (χ4v) is 3.40. The lowest BCUT2D eigenvalue weighted by Gasteiger charge is -2.31. The Labute approximate surface area is 144 Å². The maximum absolute atomic E-state index is 14.7. The number of nitrogens with zero attached hydrogens (tertiary/aromatic N) is 1. The van der Waals surface area contributed by atoms with Crippen LogP contribution in [0.2, 0.25) is 0 Å². The number of nitrogens with one attached hydrogen (secondary N) is 1. The molecule has 128 valence electrons. The second kappa shape index (κ2) is 8.29. The maximum atomic E-state index is 14.7. The molecule has 0 aliphatic carbocycles. The lowest BCUT2D eigenvalue weighted by molar-refractivity contribution is 0.323. The van der Waals surface area contributed by atoms with Crippen LogP contribution in [0.5, 0.6) is 0 Å². The van der Waals surface area contributed by atoms with E-state index in [1.165, 1.54) is 16.8 Å². The molecule has 0 aromatic heterocycles. The molecule has 2 aromatic rings. The first-order valence-electron chi connectivity index (χ1n) is 9.04. The largest absolute Gasteiger partial charge is 0.369 e. The second-order valence-electron chi connectivity index (χ2n) is 6.47. The van der Waals surface area contributed by atoms with Crippen molar-refractivity contribution in [2.24, 2.45) is 0 Å². The van der Waals surface area contributed by atoms with Crippen LogP contribution >= 0.6 is 0 Å². The number of anilines is 1. The average Bonchev–Trinajstić information content (AvgIpc) is 2.67. The van der Waals surface area contributed by atoms with E-state index in [2.05, 4.69) is 41.4 Å². The SMILES string of the molecule is CCc1cc(C(F)CCc2ccccc2)ccc1N1CCNCC1. The molecule has 1 aliphatic heterocycles. The predicted octanol–water partition coefficient (Wildman–Crippen LogP) is 4.30. The van der Waals surface area contributed by atoms with Crippen LogP contribution in [0.1, 0.15) is 36.2 Å². The first-order chi connectivity index (χ1) is 11.8. The van der Waals surface area contributed by atoms with Crippen LogP contribution in [0.25, 0.3) is 0 Å². The minimum absolute atomic E-state index is 0.542. The summed E-state index contributed by atoms with van der Waals surface area (Å²) in [7, 11) is 0. The van der Waals surface area contributed by atoms with E-state index in [9.17, 15) is 4.39 Å². The summed E-state index contributed by atoms with van der Waals surface area (Å²) in [5, 5.41) is 3.38. The summed E-state index contributed by atoms with van der Waals surface area (Å²) in [6.45, 7) is 6.25. The number of benzene rings is 2. The van der Waals surface area contributed by atoms with Gasteiger partial charge in [-0.1, -0.05) is 49.4 Å². The van der Waals surface area contributed by atoms with E-state index < -0.39 is 6.17 Å². The fraction of sp³-hybridized carbons (Fsp3) is 0.429. The van der Waals surface area contributed by atoms with E-state index in [1.807, 2.05) is 24.3 Å². The Bertz CT molecular complexity index is 636. The molecule has 1 N–H and O–H groups in total. The number of rotatable bonds is 6. The van der Waals surface area contributed by atoms with Gasteiger partial charge in [0.2, 0.25) is 0 Å². The van der Waals surface area contributed by atoms with E-state index in [-0.39, 0.29) is 0 Å². The molecule has 24 heavy (non-hydrogen) atoms. The number of hydrogen-bond donors (Lipinski definition) is 1. The van der Waals surface area contributed by atoms with Crippen LogP contribution in [0, 0.1) is 0 Å².